The molecule has 0 heterocycles. The van der Waals surface area contributed by atoms with Crippen molar-refractivity contribution in [1.29, 1.82) is 0 Å². The first-order valence-electron chi connectivity index (χ1n) is 7.46. The molecule has 0 aromatic carbocycles. The lowest BCUT2D eigenvalue weighted by Gasteiger charge is -2.22. The van der Waals surface area contributed by atoms with Crippen molar-refractivity contribution in [2.24, 2.45) is 0 Å². The van der Waals surface area contributed by atoms with E-state index in [1.807, 2.05) is 7.05 Å². The Hall–Kier alpha value is -0.0800. The molecule has 0 aliphatic rings. The molecule has 104 valence electrons. The number of methoxy groups -OCH3 is 1. The van der Waals surface area contributed by atoms with Gasteiger partial charge in [0.15, 0.2) is 0 Å². The van der Waals surface area contributed by atoms with Crippen LogP contribution in [0.3, 0.4) is 0 Å². The van der Waals surface area contributed by atoms with Gasteiger partial charge in [0.2, 0.25) is 0 Å². The quantitative estimate of drug-likeness (QED) is 0.520. The van der Waals surface area contributed by atoms with E-state index in [2.05, 4.69) is 19.2 Å². The molecule has 2 atom stereocenters. The van der Waals surface area contributed by atoms with E-state index < -0.39 is 0 Å². The fourth-order valence-electron chi connectivity index (χ4n) is 2.28. The third kappa shape index (κ3) is 9.61. The second-order valence-electron chi connectivity index (χ2n) is 5.10. The minimum absolute atomic E-state index is 0.324. The van der Waals surface area contributed by atoms with E-state index in [0.29, 0.717) is 12.1 Å². The lowest BCUT2D eigenvalue weighted by Crippen LogP contribution is -2.36. The SMILES string of the molecule is CCCCCCCCCCC(NC)C(C)OC. The highest BCUT2D eigenvalue weighted by atomic mass is 16.5. The normalized spacial score (nSPS) is 14.8. The summed E-state index contributed by atoms with van der Waals surface area (Å²) in [6, 6.07) is 0.514. The Morgan fingerprint density at radius 3 is 1.94 bits per heavy atom. The van der Waals surface area contributed by atoms with Crippen LogP contribution in [0.2, 0.25) is 0 Å². The first-order chi connectivity index (χ1) is 8.26. The summed E-state index contributed by atoms with van der Waals surface area (Å²) in [5.74, 6) is 0. The maximum atomic E-state index is 5.36. The molecule has 0 aliphatic heterocycles. The van der Waals surface area contributed by atoms with Gasteiger partial charge >= 0.3 is 0 Å². The first kappa shape index (κ1) is 16.9. The molecule has 0 saturated carbocycles. The Labute approximate surface area is 109 Å². The molecule has 0 fully saturated rings. The number of ether oxygens (including phenoxy) is 1. The number of rotatable bonds is 12. The molecule has 0 amide bonds. The molecule has 0 rings (SSSR count). The summed E-state index contributed by atoms with van der Waals surface area (Å²) >= 11 is 0. The van der Waals surface area contributed by atoms with E-state index in [1.165, 1.54) is 57.8 Å². The van der Waals surface area contributed by atoms with Crippen LogP contribution in [-0.2, 0) is 4.74 Å². The van der Waals surface area contributed by atoms with E-state index in [0.717, 1.165) is 0 Å². The molecule has 0 saturated heterocycles. The summed E-state index contributed by atoms with van der Waals surface area (Å²) in [6.45, 7) is 4.42. The van der Waals surface area contributed by atoms with Crippen LogP contribution < -0.4 is 5.32 Å². The van der Waals surface area contributed by atoms with Gasteiger partial charge in [0.1, 0.15) is 0 Å². The summed E-state index contributed by atoms with van der Waals surface area (Å²) in [6.07, 6.45) is 12.7. The summed E-state index contributed by atoms with van der Waals surface area (Å²) in [5, 5.41) is 3.35. The van der Waals surface area contributed by atoms with Gasteiger partial charge in [-0.25, -0.2) is 0 Å². The van der Waals surface area contributed by atoms with Crippen molar-refractivity contribution in [3.05, 3.63) is 0 Å². The van der Waals surface area contributed by atoms with Crippen molar-refractivity contribution in [3.8, 4) is 0 Å². The monoisotopic (exact) mass is 243 g/mol. The Balaban J connectivity index is 3.31. The maximum absolute atomic E-state index is 5.36. The Morgan fingerprint density at radius 2 is 1.47 bits per heavy atom. The van der Waals surface area contributed by atoms with Crippen molar-refractivity contribution in [3.63, 3.8) is 0 Å². The van der Waals surface area contributed by atoms with Crippen LogP contribution in [0.4, 0.5) is 0 Å². The van der Waals surface area contributed by atoms with Crippen LogP contribution in [0.25, 0.3) is 0 Å². The number of hydrogen-bond acceptors (Lipinski definition) is 2. The molecular formula is C15H33NO. The molecule has 2 heteroatoms. The molecule has 0 aliphatic carbocycles. The van der Waals surface area contributed by atoms with Gasteiger partial charge < -0.3 is 10.1 Å². The molecule has 2 unspecified atom stereocenters. The van der Waals surface area contributed by atoms with Crippen LogP contribution in [0, 0.1) is 0 Å². The Kier molecular flexibility index (Phi) is 12.3. The minimum atomic E-state index is 0.324. The number of unbranched alkanes of at least 4 members (excludes halogenated alkanes) is 7. The van der Waals surface area contributed by atoms with E-state index in [1.54, 1.807) is 7.11 Å². The molecule has 2 nitrogen and oxygen atoms in total. The maximum Gasteiger partial charge on any atom is 0.0696 e. The second kappa shape index (κ2) is 12.4. The predicted molar refractivity (Wildman–Crippen MR) is 76.5 cm³/mol. The van der Waals surface area contributed by atoms with Crippen molar-refractivity contribution < 1.29 is 4.74 Å². The average Bonchev–Trinajstić information content (AvgIpc) is 2.36. The summed E-state index contributed by atoms with van der Waals surface area (Å²) in [7, 11) is 3.83. The zero-order valence-corrected chi connectivity index (χ0v) is 12.4. The van der Waals surface area contributed by atoms with E-state index in [4.69, 9.17) is 4.74 Å². The van der Waals surface area contributed by atoms with E-state index in [9.17, 15) is 0 Å². The summed E-state index contributed by atoms with van der Waals surface area (Å²) in [4.78, 5) is 0. The van der Waals surface area contributed by atoms with Crippen molar-refractivity contribution >= 4 is 0 Å². The van der Waals surface area contributed by atoms with Gasteiger partial charge in [0, 0.05) is 13.2 Å². The van der Waals surface area contributed by atoms with Crippen LogP contribution in [0.15, 0.2) is 0 Å². The van der Waals surface area contributed by atoms with Gasteiger partial charge in [-0.15, -0.1) is 0 Å². The number of likely N-dealkylation sites (N-methyl/N-ethyl adjacent to an activating group) is 1. The van der Waals surface area contributed by atoms with Gasteiger partial charge in [0.05, 0.1) is 6.10 Å². The summed E-state index contributed by atoms with van der Waals surface area (Å²) < 4.78 is 5.36. The Morgan fingerprint density at radius 1 is 0.941 bits per heavy atom. The van der Waals surface area contributed by atoms with Gasteiger partial charge in [-0.05, 0) is 20.4 Å². The smallest absolute Gasteiger partial charge is 0.0696 e. The van der Waals surface area contributed by atoms with Gasteiger partial charge in [0.25, 0.3) is 0 Å². The molecule has 0 aromatic heterocycles. The third-order valence-corrected chi connectivity index (χ3v) is 3.68. The van der Waals surface area contributed by atoms with Crippen molar-refractivity contribution in [2.45, 2.75) is 83.8 Å². The van der Waals surface area contributed by atoms with E-state index in [-0.39, 0.29) is 0 Å². The Bertz CT molecular complexity index is 150. The molecule has 17 heavy (non-hydrogen) atoms. The summed E-state index contributed by atoms with van der Waals surface area (Å²) in [5.41, 5.74) is 0. The van der Waals surface area contributed by atoms with Crippen LogP contribution in [0.1, 0.15) is 71.6 Å². The molecule has 1 N–H and O–H groups in total. The van der Waals surface area contributed by atoms with Crippen molar-refractivity contribution in [1.82, 2.24) is 5.32 Å². The topological polar surface area (TPSA) is 21.3 Å². The number of nitrogens with one attached hydrogen (secondary N) is 1. The van der Waals surface area contributed by atoms with E-state index >= 15 is 0 Å². The molecule has 0 bridgehead atoms. The largest absolute Gasteiger partial charge is 0.380 e. The van der Waals surface area contributed by atoms with Gasteiger partial charge in [-0.3, -0.25) is 0 Å². The fraction of sp³-hybridized carbons (Fsp3) is 1.00. The molecular weight excluding hydrogens is 210 g/mol. The lowest BCUT2D eigenvalue weighted by atomic mass is 10.0. The molecule has 0 spiro atoms. The molecule has 0 aromatic rings. The van der Waals surface area contributed by atoms with Crippen LogP contribution >= 0.6 is 0 Å². The highest BCUT2D eigenvalue weighted by Crippen LogP contribution is 2.12. The number of hydrogen-bond donors (Lipinski definition) is 1. The van der Waals surface area contributed by atoms with Crippen LogP contribution in [-0.4, -0.2) is 26.3 Å². The first-order valence-corrected chi connectivity index (χ1v) is 7.46. The second-order valence-corrected chi connectivity index (χ2v) is 5.10. The lowest BCUT2D eigenvalue weighted by molar-refractivity contribution is 0.0818. The van der Waals surface area contributed by atoms with Gasteiger partial charge in [-0.1, -0.05) is 58.3 Å². The highest BCUT2D eigenvalue weighted by Gasteiger charge is 2.13. The van der Waals surface area contributed by atoms with Crippen molar-refractivity contribution in [2.75, 3.05) is 14.2 Å². The minimum Gasteiger partial charge on any atom is -0.380 e. The highest BCUT2D eigenvalue weighted by molar-refractivity contribution is 4.71. The van der Waals surface area contributed by atoms with Gasteiger partial charge in [-0.2, -0.15) is 0 Å². The zero-order chi connectivity index (χ0) is 12.9. The fourth-order valence-corrected chi connectivity index (χ4v) is 2.28. The zero-order valence-electron chi connectivity index (χ0n) is 12.4. The average molecular weight is 243 g/mol. The molecule has 0 radical (unpaired) electrons. The van der Waals surface area contributed by atoms with Crippen LogP contribution in [0.5, 0.6) is 0 Å². The predicted octanol–water partition coefficient (Wildman–Crippen LogP) is 4.14. The standard InChI is InChI=1S/C15H33NO/c1-5-6-7-8-9-10-11-12-13-15(16-3)14(2)17-4/h14-16H,5-13H2,1-4H3. The third-order valence-electron chi connectivity index (χ3n) is 3.68.